The van der Waals surface area contributed by atoms with Crippen LogP contribution < -0.4 is 0 Å². The van der Waals surface area contributed by atoms with Gasteiger partial charge in [0, 0.05) is 16.3 Å². The van der Waals surface area contributed by atoms with Gasteiger partial charge in [0.15, 0.2) is 0 Å². The summed E-state index contributed by atoms with van der Waals surface area (Å²) in [5.74, 6) is 0. The van der Waals surface area contributed by atoms with E-state index < -0.39 is 0 Å². The van der Waals surface area contributed by atoms with Gasteiger partial charge in [0.2, 0.25) is 0 Å². The van der Waals surface area contributed by atoms with Crippen molar-refractivity contribution in [1.29, 1.82) is 0 Å². The van der Waals surface area contributed by atoms with E-state index in [0.717, 1.165) is 33.1 Å². The Kier molecular flexibility index (Phi) is 7.28. The lowest BCUT2D eigenvalue weighted by molar-refractivity contribution is 0.670. The SMILES string of the molecule is Cc1ccc(-c2cc(-c3ccc(C)cc3)c3ccc4c(-c5ccc(-c6cccc7c6oc6ccccc67)cc5)cc(-c5ccc(C)cc5)c5ccc2c3c54)cc1. The number of hydrogen-bond acceptors (Lipinski definition) is 1. The fourth-order valence-corrected chi connectivity index (χ4v) is 8.95. The standard InChI is InChI=1S/C55H38O/c1-33-11-17-37(18-12-33)48-31-49(38-19-13-34(2)14-20-38)44-29-30-46-51(32-50(39-21-15-35(3)16-22-39)45-28-27-43(48)53(44)54(45)46)40-25-23-36(24-26-40)41-8-6-9-47-42-7-4-5-10-52(42)56-55(41)47/h4-32H,1-3H3. The Hall–Kier alpha value is -6.96. The highest BCUT2D eigenvalue weighted by atomic mass is 16.3. The molecule has 0 atom stereocenters. The van der Waals surface area contributed by atoms with Gasteiger partial charge in [0.25, 0.3) is 0 Å². The van der Waals surface area contributed by atoms with Crippen molar-refractivity contribution >= 4 is 54.3 Å². The summed E-state index contributed by atoms with van der Waals surface area (Å²) in [6.07, 6.45) is 0. The van der Waals surface area contributed by atoms with Gasteiger partial charge in [-0.3, -0.25) is 0 Å². The second-order valence-electron chi connectivity index (χ2n) is 15.5. The zero-order valence-electron chi connectivity index (χ0n) is 31.7. The van der Waals surface area contributed by atoms with Crippen LogP contribution in [-0.4, -0.2) is 0 Å². The van der Waals surface area contributed by atoms with Crippen LogP contribution in [0.1, 0.15) is 16.7 Å². The minimum atomic E-state index is 0.917. The Morgan fingerprint density at radius 2 is 0.643 bits per heavy atom. The van der Waals surface area contributed by atoms with E-state index in [1.807, 2.05) is 6.07 Å². The lowest BCUT2D eigenvalue weighted by atomic mass is 9.81. The third kappa shape index (κ3) is 5.08. The molecule has 11 rings (SSSR count). The quantitative estimate of drug-likeness (QED) is 0.162. The van der Waals surface area contributed by atoms with E-state index in [-0.39, 0.29) is 0 Å². The van der Waals surface area contributed by atoms with Gasteiger partial charge in [0.05, 0.1) is 0 Å². The molecular weight excluding hydrogens is 677 g/mol. The average molecular weight is 715 g/mol. The van der Waals surface area contributed by atoms with Gasteiger partial charge in [-0.2, -0.15) is 0 Å². The van der Waals surface area contributed by atoms with Crippen LogP contribution in [-0.2, 0) is 0 Å². The van der Waals surface area contributed by atoms with Crippen molar-refractivity contribution in [3.8, 4) is 55.6 Å². The Morgan fingerprint density at radius 3 is 1.07 bits per heavy atom. The van der Waals surface area contributed by atoms with Gasteiger partial charge in [-0.05, 0) is 121 Å². The molecule has 1 heteroatoms. The van der Waals surface area contributed by atoms with Crippen LogP contribution in [0.3, 0.4) is 0 Å². The molecule has 0 bridgehead atoms. The van der Waals surface area contributed by atoms with Crippen molar-refractivity contribution in [3.63, 3.8) is 0 Å². The molecule has 1 nitrogen and oxygen atoms in total. The molecule has 264 valence electrons. The number of furan rings is 1. The van der Waals surface area contributed by atoms with Crippen LogP contribution in [0.25, 0.3) is 110 Å². The molecule has 1 heterocycles. The molecule has 0 saturated carbocycles. The van der Waals surface area contributed by atoms with E-state index in [2.05, 4.69) is 191 Å². The molecule has 0 fully saturated rings. The maximum absolute atomic E-state index is 6.44. The maximum Gasteiger partial charge on any atom is 0.143 e. The van der Waals surface area contributed by atoms with Crippen molar-refractivity contribution in [2.75, 3.05) is 0 Å². The van der Waals surface area contributed by atoms with Gasteiger partial charge in [0.1, 0.15) is 11.2 Å². The molecule has 10 aromatic carbocycles. The minimum absolute atomic E-state index is 0.917. The average Bonchev–Trinajstić information content (AvgIpc) is 3.63. The molecule has 0 amide bonds. The highest BCUT2D eigenvalue weighted by Gasteiger charge is 2.21. The first kappa shape index (κ1) is 32.5. The highest BCUT2D eigenvalue weighted by Crippen LogP contribution is 2.49. The van der Waals surface area contributed by atoms with Crippen molar-refractivity contribution in [2.24, 2.45) is 0 Å². The monoisotopic (exact) mass is 714 g/mol. The van der Waals surface area contributed by atoms with Crippen LogP contribution in [0.5, 0.6) is 0 Å². The zero-order valence-corrected chi connectivity index (χ0v) is 31.7. The molecular formula is C55H38O. The zero-order chi connectivity index (χ0) is 37.5. The summed E-state index contributed by atoms with van der Waals surface area (Å²) in [7, 11) is 0. The Bertz CT molecular complexity index is 3200. The molecule has 0 spiro atoms. The largest absolute Gasteiger partial charge is 0.455 e. The molecule has 0 aliphatic rings. The number of para-hydroxylation sites is 2. The maximum atomic E-state index is 6.44. The first-order valence-corrected chi connectivity index (χ1v) is 19.5. The first-order chi connectivity index (χ1) is 27.5. The Labute approximate surface area is 326 Å². The molecule has 0 N–H and O–H groups in total. The number of rotatable bonds is 5. The van der Waals surface area contributed by atoms with Crippen LogP contribution >= 0.6 is 0 Å². The van der Waals surface area contributed by atoms with Crippen LogP contribution in [0, 0.1) is 20.8 Å². The lowest BCUT2D eigenvalue weighted by Gasteiger charge is -2.22. The third-order valence-electron chi connectivity index (χ3n) is 11.9. The predicted molar refractivity (Wildman–Crippen MR) is 239 cm³/mol. The van der Waals surface area contributed by atoms with Gasteiger partial charge in [-0.15, -0.1) is 0 Å². The molecule has 11 aromatic rings. The van der Waals surface area contributed by atoms with Crippen molar-refractivity contribution < 1.29 is 4.42 Å². The van der Waals surface area contributed by atoms with E-state index in [4.69, 9.17) is 4.42 Å². The van der Waals surface area contributed by atoms with E-state index >= 15 is 0 Å². The second-order valence-corrected chi connectivity index (χ2v) is 15.5. The third-order valence-corrected chi connectivity index (χ3v) is 11.9. The van der Waals surface area contributed by atoms with Crippen LogP contribution in [0.4, 0.5) is 0 Å². The normalized spacial score (nSPS) is 11.8. The van der Waals surface area contributed by atoms with Gasteiger partial charge < -0.3 is 4.42 Å². The molecule has 1 aromatic heterocycles. The Morgan fingerprint density at radius 1 is 0.286 bits per heavy atom. The summed E-state index contributed by atoms with van der Waals surface area (Å²) in [6, 6.07) is 65.2. The van der Waals surface area contributed by atoms with Gasteiger partial charge in [-0.25, -0.2) is 0 Å². The summed E-state index contributed by atoms with van der Waals surface area (Å²) in [4.78, 5) is 0. The number of fused-ring (bicyclic) bond motifs is 3. The fraction of sp³-hybridized carbons (Fsp3) is 0.0545. The van der Waals surface area contributed by atoms with E-state index in [9.17, 15) is 0 Å². The van der Waals surface area contributed by atoms with Crippen LogP contribution in [0.2, 0.25) is 0 Å². The molecule has 0 unspecified atom stereocenters. The van der Waals surface area contributed by atoms with Crippen LogP contribution in [0.15, 0.2) is 180 Å². The van der Waals surface area contributed by atoms with Gasteiger partial charge >= 0.3 is 0 Å². The van der Waals surface area contributed by atoms with E-state index in [1.165, 1.54) is 93.5 Å². The molecule has 0 saturated heterocycles. The minimum Gasteiger partial charge on any atom is -0.455 e. The summed E-state index contributed by atoms with van der Waals surface area (Å²) in [6.45, 7) is 6.48. The molecule has 0 aliphatic heterocycles. The molecule has 0 aliphatic carbocycles. The highest BCUT2D eigenvalue weighted by molar-refractivity contribution is 6.32. The Balaban J connectivity index is 1.19. The number of aryl methyl sites for hydroxylation is 3. The fourth-order valence-electron chi connectivity index (χ4n) is 8.95. The van der Waals surface area contributed by atoms with Gasteiger partial charge in [-0.1, -0.05) is 174 Å². The molecule has 0 radical (unpaired) electrons. The van der Waals surface area contributed by atoms with Crippen molar-refractivity contribution in [1.82, 2.24) is 0 Å². The predicted octanol–water partition coefficient (Wildman–Crippen LogP) is 15.7. The van der Waals surface area contributed by atoms with Crippen molar-refractivity contribution in [3.05, 3.63) is 193 Å². The van der Waals surface area contributed by atoms with E-state index in [1.54, 1.807) is 0 Å². The smallest absolute Gasteiger partial charge is 0.143 e. The number of benzene rings is 10. The summed E-state index contributed by atoms with van der Waals surface area (Å²) >= 11 is 0. The summed E-state index contributed by atoms with van der Waals surface area (Å²) < 4.78 is 6.44. The number of hydrogen-bond donors (Lipinski definition) is 0. The topological polar surface area (TPSA) is 13.1 Å². The summed E-state index contributed by atoms with van der Waals surface area (Å²) in [5.41, 5.74) is 17.7. The van der Waals surface area contributed by atoms with Crippen molar-refractivity contribution in [2.45, 2.75) is 20.8 Å². The lowest BCUT2D eigenvalue weighted by Crippen LogP contribution is -1.94. The second kappa shape index (κ2) is 12.5. The first-order valence-electron chi connectivity index (χ1n) is 19.5. The summed E-state index contributed by atoms with van der Waals surface area (Å²) in [5, 5.41) is 10.0. The molecule has 56 heavy (non-hydrogen) atoms. The van der Waals surface area contributed by atoms with E-state index in [0.29, 0.717) is 0 Å².